The smallest absolute Gasteiger partial charge is 0.418 e. The van der Waals surface area contributed by atoms with Gasteiger partial charge in [-0.25, -0.2) is 4.79 Å². The minimum Gasteiger partial charge on any atom is -0.422 e. The van der Waals surface area contributed by atoms with Gasteiger partial charge >= 0.3 is 11.8 Å². The number of carbonyl (C=O) groups excluding carboxylic acids is 1. The number of hydrogen-bond acceptors (Lipinski definition) is 3. The molecule has 1 amide bonds. The lowest BCUT2D eigenvalue weighted by molar-refractivity contribution is -0.137. The molecule has 0 fully saturated rings. The molecule has 0 saturated carbocycles. The Morgan fingerprint density at radius 1 is 0.935 bits per heavy atom. The molecule has 31 heavy (non-hydrogen) atoms. The number of para-hydroxylation sites is 1. The van der Waals surface area contributed by atoms with Crippen LogP contribution in [0, 0.1) is 3.57 Å². The molecule has 0 saturated heterocycles. The predicted molar refractivity (Wildman–Crippen MR) is 120 cm³/mol. The summed E-state index contributed by atoms with van der Waals surface area (Å²) in [5.74, 6) is -0.723. The number of halogens is 4. The molecule has 1 N–H and O–H groups in total. The molecular weight excluding hydrogens is 522 g/mol. The third kappa shape index (κ3) is 4.48. The molecule has 0 unspecified atom stereocenters. The van der Waals surface area contributed by atoms with Gasteiger partial charge in [0.25, 0.3) is 5.91 Å². The fourth-order valence-electron chi connectivity index (χ4n) is 3.15. The monoisotopic (exact) mass is 535 g/mol. The van der Waals surface area contributed by atoms with Gasteiger partial charge in [-0.05, 0) is 70.6 Å². The van der Waals surface area contributed by atoms with E-state index < -0.39 is 23.3 Å². The summed E-state index contributed by atoms with van der Waals surface area (Å²) in [6.45, 7) is 0. The third-order valence-corrected chi connectivity index (χ3v) is 5.28. The molecule has 0 bridgehead atoms. The van der Waals surface area contributed by atoms with E-state index in [1.165, 1.54) is 24.3 Å². The molecule has 4 nitrogen and oxygen atoms in total. The zero-order valence-electron chi connectivity index (χ0n) is 15.7. The predicted octanol–water partition coefficient (Wildman–Crippen LogP) is 6.34. The zero-order valence-corrected chi connectivity index (χ0v) is 17.8. The molecule has 3 aromatic carbocycles. The first-order valence-electron chi connectivity index (χ1n) is 9.04. The molecule has 4 aromatic rings. The van der Waals surface area contributed by atoms with Crippen LogP contribution in [0.5, 0.6) is 0 Å². The van der Waals surface area contributed by atoms with E-state index in [-0.39, 0.29) is 16.8 Å². The summed E-state index contributed by atoms with van der Waals surface area (Å²) in [5.41, 5.74) is -0.634. The summed E-state index contributed by atoms with van der Waals surface area (Å²) in [6.07, 6.45) is -4.62. The van der Waals surface area contributed by atoms with Crippen LogP contribution < -0.4 is 10.9 Å². The Labute approximate surface area is 187 Å². The van der Waals surface area contributed by atoms with E-state index in [2.05, 4.69) is 5.32 Å². The van der Waals surface area contributed by atoms with Crippen molar-refractivity contribution < 1.29 is 22.4 Å². The normalized spacial score (nSPS) is 11.5. The quantitative estimate of drug-likeness (QED) is 0.246. The van der Waals surface area contributed by atoms with Gasteiger partial charge in [-0.15, -0.1) is 0 Å². The van der Waals surface area contributed by atoms with E-state index in [1.807, 2.05) is 0 Å². The van der Waals surface area contributed by atoms with Crippen LogP contribution in [0.25, 0.3) is 22.1 Å². The maximum absolute atomic E-state index is 13.3. The van der Waals surface area contributed by atoms with E-state index >= 15 is 0 Å². The van der Waals surface area contributed by atoms with E-state index in [1.54, 1.807) is 65.1 Å². The first-order chi connectivity index (χ1) is 14.7. The average Bonchev–Trinajstić information content (AvgIpc) is 2.74. The summed E-state index contributed by atoms with van der Waals surface area (Å²) in [5, 5.41) is 3.03. The van der Waals surface area contributed by atoms with Crippen LogP contribution in [0.1, 0.15) is 15.9 Å². The summed E-state index contributed by atoms with van der Waals surface area (Å²) in [7, 11) is 0. The molecule has 1 aromatic heterocycles. The highest BCUT2D eigenvalue weighted by Crippen LogP contribution is 2.36. The van der Waals surface area contributed by atoms with Gasteiger partial charge in [0.05, 0.1) is 16.8 Å². The van der Waals surface area contributed by atoms with Crippen molar-refractivity contribution in [3.63, 3.8) is 0 Å². The number of alkyl halides is 3. The Hall–Kier alpha value is -3.14. The Balaban J connectivity index is 1.69. The van der Waals surface area contributed by atoms with Gasteiger partial charge in [0.1, 0.15) is 5.58 Å². The minimum atomic E-state index is -4.62. The second-order valence-corrected chi connectivity index (χ2v) is 7.95. The summed E-state index contributed by atoms with van der Waals surface area (Å²) in [4.78, 5) is 25.1. The zero-order chi connectivity index (χ0) is 22.2. The van der Waals surface area contributed by atoms with E-state index in [0.717, 1.165) is 6.07 Å². The van der Waals surface area contributed by atoms with Gasteiger partial charge in [0.2, 0.25) is 0 Å². The van der Waals surface area contributed by atoms with Gasteiger partial charge in [0.15, 0.2) is 0 Å². The maximum atomic E-state index is 13.3. The SMILES string of the molecule is O=C(Nc1ccc(I)cc1C(F)(F)F)c1cccc(-c2cc3ccccc3oc2=O)c1. The van der Waals surface area contributed by atoms with E-state index in [0.29, 0.717) is 20.1 Å². The second-order valence-electron chi connectivity index (χ2n) is 6.71. The Bertz CT molecular complexity index is 1360. The van der Waals surface area contributed by atoms with Crippen molar-refractivity contribution in [2.45, 2.75) is 6.18 Å². The summed E-state index contributed by atoms with van der Waals surface area (Å²) >= 11 is 1.78. The lowest BCUT2D eigenvalue weighted by Gasteiger charge is -2.14. The average molecular weight is 535 g/mol. The Morgan fingerprint density at radius 3 is 2.48 bits per heavy atom. The molecular formula is C23H13F3INO3. The second kappa shape index (κ2) is 8.18. The maximum Gasteiger partial charge on any atom is 0.418 e. The Kier molecular flexibility index (Phi) is 5.57. The van der Waals surface area contributed by atoms with Crippen molar-refractivity contribution >= 4 is 45.2 Å². The van der Waals surface area contributed by atoms with Gasteiger partial charge in [0, 0.05) is 14.5 Å². The lowest BCUT2D eigenvalue weighted by atomic mass is 10.0. The molecule has 1 heterocycles. The van der Waals surface area contributed by atoms with Crippen LogP contribution in [-0.4, -0.2) is 5.91 Å². The number of fused-ring (bicyclic) bond motifs is 1. The first kappa shape index (κ1) is 21.1. The van der Waals surface area contributed by atoms with Crippen LogP contribution in [-0.2, 0) is 6.18 Å². The van der Waals surface area contributed by atoms with Crippen LogP contribution in [0.3, 0.4) is 0 Å². The highest BCUT2D eigenvalue weighted by molar-refractivity contribution is 14.1. The van der Waals surface area contributed by atoms with Crippen LogP contribution in [0.2, 0.25) is 0 Å². The number of nitrogens with one attached hydrogen (secondary N) is 1. The van der Waals surface area contributed by atoms with Crippen molar-refractivity contribution in [3.05, 3.63) is 97.9 Å². The molecule has 0 atom stereocenters. The molecule has 0 radical (unpaired) electrons. The molecule has 8 heteroatoms. The Morgan fingerprint density at radius 2 is 1.71 bits per heavy atom. The minimum absolute atomic E-state index is 0.108. The van der Waals surface area contributed by atoms with Crippen molar-refractivity contribution in [1.29, 1.82) is 0 Å². The van der Waals surface area contributed by atoms with Gasteiger partial charge in [-0.2, -0.15) is 13.2 Å². The largest absolute Gasteiger partial charge is 0.422 e. The van der Waals surface area contributed by atoms with Gasteiger partial charge in [-0.3, -0.25) is 4.79 Å². The lowest BCUT2D eigenvalue weighted by Crippen LogP contribution is -2.17. The van der Waals surface area contributed by atoms with Gasteiger partial charge in [-0.1, -0.05) is 30.3 Å². The fourth-order valence-corrected chi connectivity index (χ4v) is 3.64. The van der Waals surface area contributed by atoms with E-state index in [9.17, 15) is 22.8 Å². The summed E-state index contributed by atoms with van der Waals surface area (Å²) in [6, 6.07) is 18.4. The first-order valence-corrected chi connectivity index (χ1v) is 10.1. The number of anilines is 1. The molecule has 156 valence electrons. The standard InChI is InChI=1S/C23H13F3INO3/c24-23(25,26)18-12-16(27)8-9-19(18)28-21(29)15-6-3-5-13(10-15)17-11-14-4-1-2-7-20(14)31-22(17)30/h1-12H,(H,28,29). The van der Waals surface area contributed by atoms with E-state index in [4.69, 9.17) is 4.42 Å². The number of hydrogen-bond donors (Lipinski definition) is 1. The van der Waals surface area contributed by atoms with Crippen molar-refractivity contribution in [2.75, 3.05) is 5.32 Å². The number of benzene rings is 3. The highest BCUT2D eigenvalue weighted by atomic mass is 127. The molecule has 0 spiro atoms. The molecule has 0 aliphatic heterocycles. The highest BCUT2D eigenvalue weighted by Gasteiger charge is 2.34. The fraction of sp³-hybridized carbons (Fsp3) is 0.0435. The molecule has 4 rings (SSSR count). The van der Waals surface area contributed by atoms with Crippen LogP contribution in [0.4, 0.5) is 18.9 Å². The number of rotatable bonds is 3. The van der Waals surface area contributed by atoms with Crippen molar-refractivity contribution in [2.24, 2.45) is 0 Å². The van der Waals surface area contributed by atoms with Crippen LogP contribution >= 0.6 is 22.6 Å². The van der Waals surface area contributed by atoms with Crippen LogP contribution in [0.15, 0.2) is 82.0 Å². The third-order valence-electron chi connectivity index (χ3n) is 4.61. The van der Waals surface area contributed by atoms with Gasteiger partial charge < -0.3 is 9.73 Å². The molecule has 0 aliphatic rings. The van der Waals surface area contributed by atoms with Crippen molar-refractivity contribution in [3.8, 4) is 11.1 Å². The number of amides is 1. The van der Waals surface area contributed by atoms with Crippen molar-refractivity contribution in [1.82, 2.24) is 0 Å². The molecule has 0 aliphatic carbocycles. The summed E-state index contributed by atoms with van der Waals surface area (Å²) < 4.78 is 45.7. The number of carbonyl (C=O) groups is 1. The topological polar surface area (TPSA) is 59.3 Å².